The van der Waals surface area contributed by atoms with E-state index in [4.69, 9.17) is 11.6 Å². The van der Waals surface area contributed by atoms with Crippen molar-refractivity contribution in [3.05, 3.63) is 60.9 Å². The number of nitrogens with zero attached hydrogens (tertiary/aromatic N) is 1. The Balaban J connectivity index is 2.96. The van der Waals surface area contributed by atoms with Gasteiger partial charge in [0, 0.05) is 0 Å². The molecule has 1 aromatic carbocycles. The standard InChI is InChI=1S/C14H13ClF2N2O2/c1-6(2)9-12(15)18-14(21)19(13(9)20)11-8(16)5-4-7(3)10(11)17/h4-6H,1-3H3,(H,18,21). The average Bonchev–Trinajstić information content (AvgIpc) is 2.37. The number of benzene rings is 1. The molecule has 1 aromatic heterocycles. The molecule has 0 atom stereocenters. The van der Waals surface area contributed by atoms with Crippen LogP contribution in [0.3, 0.4) is 0 Å². The molecule has 0 aliphatic heterocycles. The molecule has 0 spiro atoms. The van der Waals surface area contributed by atoms with Crippen molar-refractivity contribution in [1.82, 2.24) is 9.55 Å². The van der Waals surface area contributed by atoms with Crippen molar-refractivity contribution in [1.29, 1.82) is 0 Å². The van der Waals surface area contributed by atoms with Gasteiger partial charge in [0.25, 0.3) is 5.56 Å². The summed E-state index contributed by atoms with van der Waals surface area (Å²) in [5.74, 6) is -2.27. The molecule has 0 aliphatic carbocycles. The number of aromatic nitrogens is 2. The quantitative estimate of drug-likeness (QED) is 0.867. The lowest BCUT2D eigenvalue weighted by Gasteiger charge is -2.13. The van der Waals surface area contributed by atoms with Crippen LogP contribution in [0, 0.1) is 18.6 Å². The van der Waals surface area contributed by atoms with Crippen molar-refractivity contribution in [2.75, 3.05) is 0 Å². The number of hydrogen-bond donors (Lipinski definition) is 1. The van der Waals surface area contributed by atoms with E-state index in [9.17, 15) is 18.4 Å². The summed E-state index contributed by atoms with van der Waals surface area (Å²) in [6.45, 7) is 4.79. The Morgan fingerprint density at radius 1 is 1.24 bits per heavy atom. The summed E-state index contributed by atoms with van der Waals surface area (Å²) in [7, 11) is 0. The Bertz CT molecular complexity index is 825. The topological polar surface area (TPSA) is 54.9 Å². The molecule has 7 heteroatoms. The van der Waals surface area contributed by atoms with E-state index >= 15 is 0 Å². The first-order chi connectivity index (χ1) is 9.75. The third-order valence-electron chi connectivity index (χ3n) is 3.15. The normalized spacial score (nSPS) is 11.2. The van der Waals surface area contributed by atoms with Crippen LogP contribution in [0.25, 0.3) is 5.69 Å². The highest BCUT2D eigenvalue weighted by atomic mass is 35.5. The molecule has 1 N–H and O–H groups in total. The molecule has 0 fully saturated rings. The van der Waals surface area contributed by atoms with Gasteiger partial charge in [-0.2, -0.15) is 0 Å². The summed E-state index contributed by atoms with van der Waals surface area (Å²) in [5, 5.41) is -0.121. The van der Waals surface area contributed by atoms with Crippen LogP contribution in [-0.4, -0.2) is 9.55 Å². The Morgan fingerprint density at radius 3 is 2.43 bits per heavy atom. The zero-order chi connectivity index (χ0) is 15.9. The Morgan fingerprint density at radius 2 is 1.86 bits per heavy atom. The van der Waals surface area contributed by atoms with E-state index in [2.05, 4.69) is 4.98 Å². The smallest absolute Gasteiger partial charge is 0.297 e. The summed E-state index contributed by atoms with van der Waals surface area (Å²) >= 11 is 5.84. The highest BCUT2D eigenvalue weighted by Gasteiger charge is 2.22. The number of nitrogens with one attached hydrogen (secondary N) is 1. The zero-order valence-electron chi connectivity index (χ0n) is 11.6. The summed E-state index contributed by atoms with van der Waals surface area (Å²) in [5.41, 5.74) is -2.30. The lowest BCUT2D eigenvalue weighted by atomic mass is 10.1. The van der Waals surface area contributed by atoms with Crippen LogP contribution < -0.4 is 11.2 Å². The molecular formula is C14H13ClF2N2O2. The molecule has 0 saturated carbocycles. The van der Waals surface area contributed by atoms with Gasteiger partial charge >= 0.3 is 5.69 Å². The molecule has 2 aromatic rings. The maximum absolute atomic E-state index is 14.2. The first-order valence-corrected chi connectivity index (χ1v) is 6.63. The maximum atomic E-state index is 14.2. The average molecular weight is 315 g/mol. The number of halogens is 3. The van der Waals surface area contributed by atoms with Gasteiger partial charge in [0.05, 0.1) is 5.56 Å². The molecule has 112 valence electrons. The Kier molecular flexibility index (Phi) is 4.00. The summed E-state index contributed by atoms with van der Waals surface area (Å²) in [6, 6.07) is 2.23. The second-order valence-electron chi connectivity index (χ2n) is 4.98. The van der Waals surface area contributed by atoms with Crippen LogP contribution in [0.5, 0.6) is 0 Å². The highest BCUT2D eigenvalue weighted by Crippen LogP contribution is 2.21. The molecule has 2 rings (SSSR count). The second-order valence-corrected chi connectivity index (χ2v) is 5.36. The number of hydrogen-bond acceptors (Lipinski definition) is 2. The van der Waals surface area contributed by atoms with Crippen LogP contribution in [-0.2, 0) is 0 Å². The Hall–Kier alpha value is -1.95. The number of aryl methyl sites for hydroxylation is 1. The van der Waals surface area contributed by atoms with E-state index in [0.717, 1.165) is 6.07 Å². The highest BCUT2D eigenvalue weighted by molar-refractivity contribution is 6.30. The minimum Gasteiger partial charge on any atom is -0.297 e. The predicted molar refractivity (Wildman–Crippen MR) is 76.4 cm³/mol. The van der Waals surface area contributed by atoms with Crippen LogP contribution in [0.4, 0.5) is 8.78 Å². The number of rotatable bonds is 2. The number of aromatic amines is 1. The van der Waals surface area contributed by atoms with Gasteiger partial charge in [-0.1, -0.05) is 31.5 Å². The SMILES string of the molecule is Cc1ccc(F)c(-n2c(=O)[nH]c(Cl)c(C(C)C)c2=O)c1F. The lowest BCUT2D eigenvalue weighted by molar-refractivity contribution is 0.555. The van der Waals surface area contributed by atoms with E-state index in [1.807, 2.05) is 0 Å². The van der Waals surface area contributed by atoms with Crippen LogP contribution in [0.1, 0.15) is 30.9 Å². The second kappa shape index (κ2) is 5.44. The minimum atomic E-state index is -0.997. The minimum absolute atomic E-state index is 0.0940. The van der Waals surface area contributed by atoms with E-state index in [1.165, 1.54) is 13.0 Å². The molecule has 0 amide bonds. The fourth-order valence-corrected chi connectivity index (χ4v) is 2.45. The monoisotopic (exact) mass is 314 g/mol. The molecule has 0 radical (unpaired) electrons. The van der Waals surface area contributed by atoms with Gasteiger partial charge in [0.1, 0.15) is 10.8 Å². The van der Waals surface area contributed by atoms with Gasteiger partial charge in [-0.3, -0.25) is 9.78 Å². The molecular weight excluding hydrogens is 302 g/mol. The first-order valence-electron chi connectivity index (χ1n) is 6.25. The van der Waals surface area contributed by atoms with E-state index < -0.39 is 28.6 Å². The third-order valence-corrected chi connectivity index (χ3v) is 3.45. The largest absolute Gasteiger partial charge is 0.334 e. The van der Waals surface area contributed by atoms with Gasteiger partial charge < -0.3 is 0 Å². The third kappa shape index (κ3) is 2.51. The fourth-order valence-electron chi connectivity index (χ4n) is 2.07. The van der Waals surface area contributed by atoms with Gasteiger partial charge in [0.15, 0.2) is 11.6 Å². The lowest BCUT2D eigenvalue weighted by Crippen LogP contribution is -2.37. The number of H-pyrrole nitrogens is 1. The van der Waals surface area contributed by atoms with E-state index in [1.54, 1.807) is 13.8 Å². The molecule has 21 heavy (non-hydrogen) atoms. The fraction of sp³-hybridized carbons (Fsp3) is 0.286. The van der Waals surface area contributed by atoms with Crippen LogP contribution >= 0.6 is 11.6 Å². The van der Waals surface area contributed by atoms with Crippen LogP contribution in [0.2, 0.25) is 5.15 Å². The van der Waals surface area contributed by atoms with Gasteiger partial charge in [-0.25, -0.2) is 18.1 Å². The van der Waals surface area contributed by atoms with Crippen molar-refractivity contribution in [2.24, 2.45) is 0 Å². The van der Waals surface area contributed by atoms with Crippen molar-refractivity contribution >= 4 is 11.6 Å². The molecule has 4 nitrogen and oxygen atoms in total. The summed E-state index contributed by atoms with van der Waals surface area (Å²) in [6.07, 6.45) is 0. The summed E-state index contributed by atoms with van der Waals surface area (Å²) in [4.78, 5) is 26.6. The molecule has 0 bridgehead atoms. The van der Waals surface area contributed by atoms with E-state index in [0.29, 0.717) is 4.57 Å². The zero-order valence-corrected chi connectivity index (χ0v) is 12.4. The van der Waals surface area contributed by atoms with Crippen molar-refractivity contribution in [2.45, 2.75) is 26.7 Å². The van der Waals surface area contributed by atoms with Gasteiger partial charge in [-0.15, -0.1) is 0 Å². The van der Waals surface area contributed by atoms with Crippen LogP contribution in [0.15, 0.2) is 21.7 Å². The van der Waals surface area contributed by atoms with E-state index in [-0.39, 0.29) is 22.2 Å². The van der Waals surface area contributed by atoms with Crippen molar-refractivity contribution in [3.63, 3.8) is 0 Å². The summed E-state index contributed by atoms with van der Waals surface area (Å²) < 4.78 is 28.5. The van der Waals surface area contributed by atoms with Crippen molar-refractivity contribution < 1.29 is 8.78 Å². The Labute approximate surface area is 124 Å². The molecule has 0 saturated heterocycles. The molecule has 1 heterocycles. The van der Waals surface area contributed by atoms with Crippen molar-refractivity contribution in [3.8, 4) is 5.69 Å². The first kappa shape index (κ1) is 15.4. The molecule has 0 unspecified atom stereocenters. The predicted octanol–water partition coefficient (Wildman–Crippen LogP) is 2.89. The maximum Gasteiger partial charge on any atom is 0.334 e. The van der Waals surface area contributed by atoms with Gasteiger partial charge in [-0.05, 0) is 24.5 Å². The van der Waals surface area contributed by atoms with Gasteiger partial charge in [0.2, 0.25) is 0 Å². The molecule has 0 aliphatic rings.